The molecule has 0 aromatic rings. The highest BCUT2D eigenvalue weighted by atomic mass is 127. The van der Waals surface area contributed by atoms with Gasteiger partial charge in [-0.3, -0.25) is 4.79 Å². The van der Waals surface area contributed by atoms with Crippen molar-refractivity contribution < 1.29 is 14.3 Å². The molecular formula is C16H31IN4O3. The zero-order valence-corrected chi connectivity index (χ0v) is 16.9. The molecule has 2 N–H and O–H groups in total. The van der Waals surface area contributed by atoms with Gasteiger partial charge in [0, 0.05) is 39.4 Å². The maximum absolute atomic E-state index is 12.0. The molecule has 2 rings (SSSR count). The van der Waals surface area contributed by atoms with Gasteiger partial charge in [-0.25, -0.2) is 4.99 Å². The summed E-state index contributed by atoms with van der Waals surface area (Å²) < 4.78 is 11.0. The van der Waals surface area contributed by atoms with Crippen molar-refractivity contribution in [3.05, 3.63) is 0 Å². The van der Waals surface area contributed by atoms with Gasteiger partial charge in [0.05, 0.1) is 12.7 Å². The molecule has 8 heteroatoms. The van der Waals surface area contributed by atoms with Crippen LogP contribution in [0.25, 0.3) is 0 Å². The Morgan fingerprint density at radius 1 is 1.33 bits per heavy atom. The molecule has 0 aromatic heterocycles. The molecule has 0 saturated carbocycles. The Morgan fingerprint density at radius 3 is 2.79 bits per heavy atom. The van der Waals surface area contributed by atoms with Crippen LogP contribution in [0, 0.1) is 0 Å². The lowest BCUT2D eigenvalue weighted by atomic mass is 10.3. The first kappa shape index (κ1) is 21.4. The van der Waals surface area contributed by atoms with Crippen molar-refractivity contribution >= 4 is 35.8 Å². The van der Waals surface area contributed by atoms with E-state index in [-0.39, 0.29) is 42.5 Å². The Balaban J connectivity index is 0.00000288. The van der Waals surface area contributed by atoms with Crippen LogP contribution in [0.3, 0.4) is 0 Å². The van der Waals surface area contributed by atoms with Gasteiger partial charge in [0.25, 0.3) is 0 Å². The van der Waals surface area contributed by atoms with Crippen LogP contribution in [-0.4, -0.2) is 75.4 Å². The van der Waals surface area contributed by atoms with E-state index in [4.69, 9.17) is 9.47 Å². The second kappa shape index (κ2) is 12.7. The van der Waals surface area contributed by atoms with Crippen molar-refractivity contribution in [1.82, 2.24) is 15.5 Å². The summed E-state index contributed by atoms with van der Waals surface area (Å²) in [7, 11) is 0. The van der Waals surface area contributed by atoms with Crippen molar-refractivity contribution in [1.29, 1.82) is 0 Å². The minimum atomic E-state index is 0. The van der Waals surface area contributed by atoms with Crippen molar-refractivity contribution in [3.63, 3.8) is 0 Å². The molecule has 24 heavy (non-hydrogen) atoms. The van der Waals surface area contributed by atoms with Gasteiger partial charge in [-0.15, -0.1) is 24.0 Å². The highest BCUT2D eigenvalue weighted by molar-refractivity contribution is 14.0. The molecule has 0 bridgehead atoms. The first-order valence-corrected chi connectivity index (χ1v) is 8.79. The Morgan fingerprint density at radius 2 is 2.12 bits per heavy atom. The fourth-order valence-corrected chi connectivity index (χ4v) is 2.73. The van der Waals surface area contributed by atoms with Crippen LogP contribution in [-0.2, 0) is 14.3 Å². The zero-order valence-electron chi connectivity index (χ0n) is 14.6. The summed E-state index contributed by atoms with van der Waals surface area (Å²) in [4.78, 5) is 18.3. The Hall–Kier alpha value is -0.610. The molecule has 0 spiro atoms. The lowest BCUT2D eigenvalue weighted by Crippen LogP contribution is -2.39. The summed E-state index contributed by atoms with van der Waals surface area (Å²) in [5, 5.41) is 6.42. The first-order chi connectivity index (χ1) is 11.3. The van der Waals surface area contributed by atoms with Crippen LogP contribution >= 0.6 is 24.0 Å². The van der Waals surface area contributed by atoms with E-state index in [9.17, 15) is 4.79 Å². The lowest BCUT2D eigenvalue weighted by molar-refractivity contribution is -0.128. The van der Waals surface area contributed by atoms with Gasteiger partial charge in [-0.1, -0.05) is 0 Å². The van der Waals surface area contributed by atoms with E-state index in [2.05, 4.69) is 15.6 Å². The van der Waals surface area contributed by atoms with Crippen LogP contribution in [0.1, 0.15) is 32.6 Å². The van der Waals surface area contributed by atoms with Gasteiger partial charge < -0.3 is 25.0 Å². The number of rotatable bonds is 8. The lowest BCUT2D eigenvalue weighted by Gasteiger charge is -2.15. The number of halogens is 1. The minimum absolute atomic E-state index is 0. The second-order valence-corrected chi connectivity index (χ2v) is 5.92. The molecule has 1 atom stereocenters. The number of carbonyl (C=O) groups is 1. The summed E-state index contributed by atoms with van der Waals surface area (Å²) in [6.07, 6.45) is 4.38. The summed E-state index contributed by atoms with van der Waals surface area (Å²) in [6.45, 7) is 7.78. The average Bonchev–Trinajstić information content (AvgIpc) is 3.25. The predicted molar refractivity (Wildman–Crippen MR) is 105 cm³/mol. The first-order valence-electron chi connectivity index (χ1n) is 8.79. The number of ether oxygens (including phenoxy) is 2. The quantitative estimate of drug-likeness (QED) is 0.248. The molecule has 2 saturated heterocycles. The van der Waals surface area contributed by atoms with Crippen molar-refractivity contribution in [2.24, 2.45) is 4.99 Å². The molecule has 2 heterocycles. The van der Waals surface area contributed by atoms with E-state index >= 15 is 0 Å². The number of guanidine groups is 1. The van der Waals surface area contributed by atoms with Crippen LogP contribution in [0.5, 0.6) is 0 Å². The Kier molecular flexibility index (Phi) is 11.4. The molecule has 1 amide bonds. The third kappa shape index (κ3) is 7.98. The second-order valence-electron chi connectivity index (χ2n) is 5.92. The molecule has 2 fully saturated rings. The van der Waals surface area contributed by atoms with E-state index in [0.717, 1.165) is 65.1 Å². The number of carbonyl (C=O) groups excluding carboxylic acids is 1. The highest BCUT2D eigenvalue weighted by Crippen LogP contribution is 2.08. The molecule has 2 aliphatic rings. The third-order valence-electron chi connectivity index (χ3n) is 4.03. The van der Waals surface area contributed by atoms with Crippen molar-refractivity contribution in [3.8, 4) is 0 Å². The zero-order chi connectivity index (χ0) is 16.3. The maximum atomic E-state index is 12.0. The van der Waals surface area contributed by atoms with Crippen molar-refractivity contribution in [2.75, 3.05) is 52.5 Å². The number of nitrogens with one attached hydrogen (secondary N) is 2. The summed E-state index contributed by atoms with van der Waals surface area (Å²) in [6, 6.07) is 0. The topological polar surface area (TPSA) is 75.2 Å². The van der Waals surface area contributed by atoms with Gasteiger partial charge >= 0.3 is 0 Å². The summed E-state index contributed by atoms with van der Waals surface area (Å²) in [5.41, 5.74) is 0. The average molecular weight is 454 g/mol. The molecule has 7 nitrogen and oxygen atoms in total. The molecule has 0 aliphatic carbocycles. The molecular weight excluding hydrogens is 423 g/mol. The van der Waals surface area contributed by atoms with Crippen LogP contribution in [0.2, 0.25) is 0 Å². The summed E-state index contributed by atoms with van der Waals surface area (Å²) in [5.74, 6) is 0.813. The van der Waals surface area contributed by atoms with E-state index in [0.29, 0.717) is 12.6 Å². The number of nitrogens with zero attached hydrogens (tertiary/aromatic N) is 2. The standard InChI is InChI=1S/C16H30N4O3.HI/c1-2-17-16(19-12-15(21)20-8-3-4-9-20)18-7-5-10-23-14-6-11-22-13-14;/h14H,2-13H2,1H3,(H2,17,18,19);1H. The Labute approximate surface area is 161 Å². The van der Waals surface area contributed by atoms with Crippen LogP contribution in [0.15, 0.2) is 4.99 Å². The van der Waals surface area contributed by atoms with Gasteiger partial charge in [-0.2, -0.15) is 0 Å². The summed E-state index contributed by atoms with van der Waals surface area (Å²) >= 11 is 0. The highest BCUT2D eigenvalue weighted by Gasteiger charge is 2.17. The maximum Gasteiger partial charge on any atom is 0.244 e. The Bertz CT molecular complexity index is 384. The fraction of sp³-hybridized carbons (Fsp3) is 0.875. The third-order valence-corrected chi connectivity index (χ3v) is 4.03. The van der Waals surface area contributed by atoms with E-state index in [1.165, 1.54) is 0 Å². The van der Waals surface area contributed by atoms with E-state index < -0.39 is 0 Å². The smallest absolute Gasteiger partial charge is 0.244 e. The number of aliphatic imine (C=N–C) groups is 1. The van der Waals surface area contributed by atoms with E-state index in [1.807, 2.05) is 11.8 Å². The molecule has 140 valence electrons. The SMILES string of the molecule is CCNC(=NCC(=O)N1CCCC1)NCCCOC1CCOC1.I. The molecule has 0 aromatic carbocycles. The normalized spacial score (nSPS) is 20.8. The van der Waals surface area contributed by atoms with Gasteiger partial charge in [0.2, 0.25) is 5.91 Å². The predicted octanol–water partition coefficient (Wildman–Crippen LogP) is 0.978. The number of likely N-dealkylation sites (tertiary alicyclic amines) is 1. The van der Waals surface area contributed by atoms with Crippen LogP contribution < -0.4 is 10.6 Å². The van der Waals surface area contributed by atoms with Crippen molar-refractivity contribution in [2.45, 2.75) is 38.7 Å². The van der Waals surface area contributed by atoms with Gasteiger partial charge in [-0.05, 0) is 32.6 Å². The fourth-order valence-electron chi connectivity index (χ4n) is 2.73. The monoisotopic (exact) mass is 454 g/mol. The van der Waals surface area contributed by atoms with E-state index in [1.54, 1.807) is 0 Å². The van der Waals surface area contributed by atoms with Gasteiger partial charge in [0.1, 0.15) is 6.54 Å². The number of amides is 1. The largest absolute Gasteiger partial charge is 0.379 e. The van der Waals surface area contributed by atoms with Gasteiger partial charge in [0.15, 0.2) is 5.96 Å². The molecule has 0 radical (unpaired) electrons. The molecule has 2 aliphatic heterocycles. The molecule has 1 unspecified atom stereocenters. The van der Waals surface area contributed by atoms with Crippen LogP contribution in [0.4, 0.5) is 0 Å². The number of hydrogen-bond acceptors (Lipinski definition) is 4. The minimum Gasteiger partial charge on any atom is -0.379 e. The number of hydrogen-bond donors (Lipinski definition) is 2.